The number of halogens is 2. The molecule has 0 aliphatic carbocycles. The molecule has 4 heteroatoms. The van der Waals surface area contributed by atoms with E-state index in [1.165, 1.54) is 18.2 Å². The third kappa shape index (κ3) is 3.61. The summed E-state index contributed by atoms with van der Waals surface area (Å²) >= 11 is 0. The van der Waals surface area contributed by atoms with Crippen molar-refractivity contribution < 1.29 is 8.78 Å². The van der Waals surface area contributed by atoms with E-state index in [1.54, 1.807) is 12.4 Å². The molecule has 20 heavy (non-hydrogen) atoms. The van der Waals surface area contributed by atoms with Gasteiger partial charge < -0.3 is 5.32 Å². The van der Waals surface area contributed by atoms with Crippen LogP contribution in [0.5, 0.6) is 0 Å². The second-order valence-electron chi connectivity index (χ2n) is 4.98. The number of rotatable bonds is 5. The van der Waals surface area contributed by atoms with E-state index >= 15 is 0 Å². The maximum atomic E-state index is 13.6. The Morgan fingerprint density at radius 2 is 1.80 bits per heavy atom. The van der Waals surface area contributed by atoms with Crippen LogP contribution in [0.25, 0.3) is 0 Å². The van der Waals surface area contributed by atoms with Gasteiger partial charge in [-0.15, -0.1) is 0 Å². The molecule has 0 aliphatic rings. The average molecular weight is 276 g/mol. The molecule has 2 rings (SSSR count). The molecular formula is C16H18F2N2. The van der Waals surface area contributed by atoms with Gasteiger partial charge in [0.25, 0.3) is 0 Å². The predicted molar refractivity (Wildman–Crippen MR) is 75.3 cm³/mol. The number of hydrogen-bond acceptors (Lipinski definition) is 2. The van der Waals surface area contributed by atoms with Crippen molar-refractivity contribution in [3.63, 3.8) is 0 Å². The van der Waals surface area contributed by atoms with Crippen LogP contribution in [0.15, 0.2) is 42.7 Å². The molecule has 0 saturated carbocycles. The molecule has 2 nitrogen and oxygen atoms in total. The lowest BCUT2D eigenvalue weighted by Gasteiger charge is -2.20. The molecule has 0 saturated heterocycles. The zero-order valence-electron chi connectivity index (χ0n) is 11.6. The minimum atomic E-state index is -0.493. The first kappa shape index (κ1) is 14.6. The van der Waals surface area contributed by atoms with Crippen molar-refractivity contribution in [2.45, 2.75) is 32.4 Å². The van der Waals surface area contributed by atoms with Crippen molar-refractivity contribution >= 4 is 0 Å². The van der Waals surface area contributed by atoms with Crippen LogP contribution in [-0.2, 0) is 6.42 Å². The summed E-state index contributed by atoms with van der Waals surface area (Å²) in [7, 11) is 0. The molecule has 2 atom stereocenters. The van der Waals surface area contributed by atoms with Crippen LogP contribution in [0.3, 0.4) is 0 Å². The monoisotopic (exact) mass is 276 g/mol. The molecule has 1 aromatic carbocycles. The molecule has 2 aromatic rings. The fourth-order valence-corrected chi connectivity index (χ4v) is 2.25. The van der Waals surface area contributed by atoms with Crippen LogP contribution >= 0.6 is 0 Å². The molecule has 0 spiro atoms. The SMILES string of the molecule is CC(Cc1c(F)cccc1F)NC(C)c1cccnc1. The topological polar surface area (TPSA) is 24.9 Å². The van der Waals surface area contributed by atoms with E-state index in [2.05, 4.69) is 10.3 Å². The predicted octanol–water partition coefficient (Wildman–Crippen LogP) is 3.64. The number of nitrogens with one attached hydrogen (secondary N) is 1. The lowest BCUT2D eigenvalue weighted by Crippen LogP contribution is -2.31. The first-order valence-electron chi connectivity index (χ1n) is 6.66. The number of aromatic nitrogens is 1. The molecule has 0 fully saturated rings. The van der Waals surface area contributed by atoms with E-state index in [4.69, 9.17) is 0 Å². The Balaban J connectivity index is 2.01. The average Bonchev–Trinajstić information content (AvgIpc) is 2.44. The van der Waals surface area contributed by atoms with Gasteiger partial charge in [-0.05, 0) is 44.0 Å². The van der Waals surface area contributed by atoms with Crippen molar-refractivity contribution in [3.05, 3.63) is 65.5 Å². The Kier molecular flexibility index (Phi) is 4.79. The van der Waals surface area contributed by atoms with Gasteiger partial charge in [0.1, 0.15) is 11.6 Å². The van der Waals surface area contributed by atoms with Gasteiger partial charge in [0.2, 0.25) is 0 Å². The molecule has 1 heterocycles. The van der Waals surface area contributed by atoms with E-state index in [0.29, 0.717) is 6.42 Å². The zero-order chi connectivity index (χ0) is 14.5. The third-order valence-corrected chi connectivity index (χ3v) is 3.29. The van der Waals surface area contributed by atoms with Gasteiger partial charge >= 0.3 is 0 Å². The summed E-state index contributed by atoms with van der Waals surface area (Å²) in [6.45, 7) is 3.92. The zero-order valence-corrected chi connectivity index (χ0v) is 11.6. The van der Waals surface area contributed by atoms with Gasteiger partial charge in [0.05, 0.1) is 0 Å². The highest BCUT2D eigenvalue weighted by atomic mass is 19.1. The summed E-state index contributed by atoms with van der Waals surface area (Å²) in [4.78, 5) is 4.07. The smallest absolute Gasteiger partial charge is 0.129 e. The van der Waals surface area contributed by atoms with Gasteiger partial charge in [0, 0.05) is 30.0 Å². The Labute approximate surface area is 117 Å². The highest BCUT2D eigenvalue weighted by Crippen LogP contribution is 2.16. The minimum absolute atomic E-state index is 0.0448. The van der Waals surface area contributed by atoms with Gasteiger partial charge in [-0.3, -0.25) is 4.98 Å². The van der Waals surface area contributed by atoms with Crippen LogP contribution in [0.1, 0.15) is 31.0 Å². The summed E-state index contributed by atoms with van der Waals surface area (Å²) in [5.74, 6) is -0.986. The highest BCUT2D eigenvalue weighted by molar-refractivity contribution is 5.21. The number of pyridine rings is 1. The van der Waals surface area contributed by atoms with Crippen LogP contribution in [0.2, 0.25) is 0 Å². The molecule has 0 aliphatic heterocycles. The quantitative estimate of drug-likeness (QED) is 0.901. The normalized spacial score (nSPS) is 14.0. The molecule has 0 amide bonds. The van der Waals surface area contributed by atoms with Crippen LogP contribution in [0, 0.1) is 11.6 Å². The highest BCUT2D eigenvalue weighted by Gasteiger charge is 2.14. The third-order valence-electron chi connectivity index (χ3n) is 3.29. The van der Waals surface area contributed by atoms with E-state index in [0.717, 1.165) is 5.56 Å². The maximum Gasteiger partial charge on any atom is 0.129 e. The molecule has 1 aromatic heterocycles. The largest absolute Gasteiger partial charge is 0.307 e. The minimum Gasteiger partial charge on any atom is -0.307 e. The summed E-state index contributed by atoms with van der Waals surface area (Å²) in [5.41, 5.74) is 1.18. The number of hydrogen-bond donors (Lipinski definition) is 1. The summed E-state index contributed by atoms with van der Waals surface area (Å²) in [5, 5.41) is 3.33. The number of nitrogens with zero attached hydrogens (tertiary/aromatic N) is 1. The lowest BCUT2D eigenvalue weighted by molar-refractivity contribution is 0.457. The lowest BCUT2D eigenvalue weighted by atomic mass is 10.0. The van der Waals surface area contributed by atoms with E-state index in [1.807, 2.05) is 26.0 Å². The maximum absolute atomic E-state index is 13.6. The first-order valence-corrected chi connectivity index (χ1v) is 6.66. The van der Waals surface area contributed by atoms with E-state index in [9.17, 15) is 8.78 Å². The molecule has 1 N–H and O–H groups in total. The van der Waals surface area contributed by atoms with Crippen LogP contribution in [0.4, 0.5) is 8.78 Å². The molecular weight excluding hydrogens is 258 g/mol. The van der Waals surface area contributed by atoms with Gasteiger partial charge in [-0.25, -0.2) is 8.78 Å². The van der Waals surface area contributed by atoms with Crippen molar-refractivity contribution in [2.24, 2.45) is 0 Å². The Morgan fingerprint density at radius 3 is 2.40 bits per heavy atom. The van der Waals surface area contributed by atoms with Gasteiger partial charge in [-0.1, -0.05) is 12.1 Å². The molecule has 0 bridgehead atoms. The Bertz CT molecular complexity index is 537. The van der Waals surface area contributed by atoms with E-state index < -0.39 is 11.6 Å². The molecule has 2 unspecified atom stereocenters. The first-order chi connectivity index (χ1) is 9.58. The fraction of sp³-hybridized carbons (Fsp3) is 0.312. The standard InChI is InChI=1S/C16H18F2N2/c1-11(9-14-15(17)6-3-7-16(14)18)20-12(2)13-5-4-8-19-10-13/h3-8,10-12,20H,9H2,1-2H3. The summed E-state index contributed by atoms with van der Waals surface area (Å²) in [6.07, 6.45) is 3.81. The Hall–Kier alpha value is -1.81. The van der Waals surface area contributed by atoms with Crippen LogP contribution in [-0.4, -0.2) is 11.0 Å². The summed E-state index contributed by atoms with van der Waals surface area (Å²) < 4.78 is 27.2. The summed E-state index contributed by atoms with van der Waals surface area (Å²) in [6, 6.07) is 7.83. The molecule has 0 radical (unpaired) electrons. The Morgan fingerprint density at radius 1 is 1.10 bits per heavy atom. The van der Waals surface area contributed by atoms with E-state index in [-0.39, 0.29) is 17.6 Å². The van der Waals surface area contributed by atoms with Crippen molar-refractivity contribution in [2.75, 3.05) is 0 Å². The van der Waals surface area contributed by atoms with Crippen molar-refractivity contribution in [1.82, 2.24) is 10.3 Å². The number of benzene rings is 1. The molecule has 106 valence electrons. The second kappa shape index (κ2) is 6.57. The van der Waals surface area contributed by atoms with Crippen molar-refractivity contribution in [3.8, 4) is 0 Å². The fourth-order valence-electron chi connectivity index (χ4n) is 2.25. The van der Waals surface area contributed by atoms with Crippen LogP contribution < -0.4 is 5.32 Å². The van der Waals surface area contributed by atoms with Crippen molar-refractivity contribution in [1.29, 1.82) is 0 Å². The van der Waals surface area contributed by atoms with Gasteiger partial charge in [-0.2, -0.15) is 0 Å². The second-order valence-corrected chi connectivity index (χ2v) is 4.98. The van der Waals surface area contributed by atoms with Gasteiger partial charge in [0.15, 0.2) is 0 Å².